The number of nitrogens with zero attached hydrogens (tertiary/aromatic N) is 2. The molecular formula is C19H17BrN2O3. The van der Waals surface area contributed by atoms with Crippen molar-refractivity contribution in [2.75, 3.05) is 0 Å². The zero-order valence-electron chi connectivity index (χ0n) is 13.7. The molecule has 0 aliphatic rings. The van der Waals surface area contributed by atoms with Crippen molar-refractivity contribution in [1.82, 2.24) is 10.1 Å². The Morgan fingerprint density at radius 3 is 2.56 bits per heavy atom. The minimum Gasteiger partial charge on any atom is -0.461 e. The second-order valence-corrected chi connectivity index (χ2v) is 6.58. The number of aromatic nitrogens is 2. The normalized spacial score (nSPS) is 10.6. The van der Waals surface area contributed by atoms with E-state index in [-0.39, 0.29) is 19.0 Å². The molecule has 5 nitrogen and oxygen atoms in total. The zero-order valence-corrected chi connectivity index (χ0v) is 15.3. The van der Waals surface area contributed by atoms with Crippen LogP contribution in [0.15, 0.2) is 57.5 Å². The van der Waals surface area contributed by atoms with E-state index in [0.717, 1.165) is 15.6 Å². The van der Waals surface area contributed by atoms with E-state index in [1.807, 2.05) is 55.5 Å². The fourth-order valence-electron chi connectivity index (χ4n) is 2.20. The standard InChI is InChI=1S/C19H17BrN2O3/c1-13-2-6-15(7-3-13)19-21-17(25-22-19)10-11-18(23)24-12-14-4-8-16(20)9-5-14/h2-9H,10-12H2,1H3. The molecule has 0 unspecified atom stereocenters. The minimum absolute atomic E-state index is 0.200. The second-order valence-electron chi connectivity index (χ2n) is 5.66. The van der Waals surface area contributed by atoms with Crippen LogP contribution in [0.2, 0.25) is 0 Å². The van der Waals surface area contributed by atoms with Crippen molar-refractivity contribution in [2.45, 2.75) is 26.4 Å². The van der Waals surface area contributed by atoms with E-state index in [1.54, 1.807) is 0 Å². The smallest absolute Gasteiger partial charge is 0.306 e. The van der Waals surface area contributed by atoms with E-state index in [1.165, 1.54) is 5.56 Å². The number of hydrogen-bond donors (Lipinski definition) is 0. The highest BCUT2D eigenvalue weighted by atomic mass is 79.9. The van der Waals surface area contributed by atoms with Crippen LogP contribution in [0.25, 0.3) is 11.4 Å². The molecule has 1 aromatic heterocycles. The molecule has 0 atom stereocenters. The number of halogens is 1. The van der Waals surface area contributed by atoms with Crippen LogP contribution in [0.4, 0.5) is 0 Å². The van der Waals surface area contributed by atoms with Gasteiger partial charge in [0.2, 0.25) is 11.7 Å². The lowest BCUT2D eigenvalue weighted by Gasteiger charge is -2.04. The fourth-order valence-corrected chi connectivity index (χ4v) is 2.47. The van der Waals surface area contributed by atoms with E-state index in [4.69, 9.17) is 9.26 Å². The molecule has 0 saturated heterocycles. The average molecular weight is 401 g/mol. The fraction of sp³-hybridized carbons (Fsp3) is 0.211. The number of rotatable bonds is 6. The summed E-state index contributed by atoms with van der Waals surface area (Å²) in [6.45, 7) is 2.27. The largest absolute Gasteiger partial charge is 0.461 e. The molecule has 0 radical (unpaired) electrons. The monoisotopic (exact) mass is 400 g/mol. The number of esters is 1. The number of ether oxygens (including phenoxy) is 1. The summed E-state index contributed by atoms with van der Waals surface area (Å²) in [6.07, 6.45) is 0.560. The van der Waals surface area contributed by atoms with Gasteiger partial charge in [0.15, 0.2) is 0 Å². The molecule has 0 fully saturated rings. The molecule has 25 heavy (non-hydrogen) atoms. The molecule has 3 rings (SSSR count). The molecule has 0 N–H and O–H groups in total. The van der Waals surface area contributed by atoms with Crippen molar-refractivity contribution in [2.24, 2.45) is 0 Å². The molecule has 128 valence electrons. The van der Waals surface area contributed by atoms with E-state index in [9.17, 15) is 4.79 Å². The van der Waals surface area contributed by atoms with Gasteiger partial charge in [0.05, 0.1) is 6.42 Å². The van der Waals surface area contributed by atoms with Crippen LogP contribution in [0.5, 0.6) is 0 Å². The predicted molar refractivity (Wildman–Crippen MR) is 96.7 cm³/mol. The first-order chi connectivity index (χ1) is 12.1. The molecule has 0 bridgehead atoms. The molecule has 6 heteroatoms. The first-order valence-electron chi connectivity index (χ1n) is 7.90. The van der Waals surface area contributed by atoms with E-state index < -0.39 is 0 Å². The minimum atomic E-state index is -0.294. The summed E-state index contributed by atoms with van der Waals surface area (Å²) in [5.41, 5.74) is 3.00. The Hall–Kier alpha value is -2.47. The van der Waals surface area contributed by atoms with Crippen LogP contribution in [0.1, 0.15) is 23.4 Å². The van der Waals surface area contributed by atoms with Gasteiger partial charge in [0.25, 0.3) is 0 Å². The highest BCUT2D eigenvalue weighted by Crippen LogP contribution is 2.17. The number of hydrogen-bond acceptors (Lipinski definition) is 5. The summed E-state index contributed by atoms with van der Waals surface area (Å²) in [5.74, 6) is 0.660. The Morgan fingerprint density at radius 2 is 1.84 bits per heavy atom. The van der Waals surface area contributed by atoms with Gasteiger partial charge >= 0.3 is 5.97 Å². The van der Waals surface area contributed by atoms with Crippen molar-refractivity contribution < 1.29 is 14.1 Å². The predicted octanol–water partition coefficient (Wildman–Crippen LogP) is 4.48. The number of carbonyl (C=O) groups excluding carboxylic acids is 1. The molecule has 1 heterocycles. The zero-order chi connectivity index (χ0) is 17.6. The van der Waals surface area contributed by atoms with E-state index in [0.29, 0.717) is 18.1 Å². The maximum Gasteiger partial charge on any atom is 0.306 e. The van der Waals surface area contributed by atoms with Crippen LogP contribution in [-0.2, 0) is 22.6 Å². The number of benzene rings is 2. The van der Waals surface area contributed by atoms with Crippen LogP contribution < -0.4 is 0 Å². The first kappa shape index (κ1) is 17.4. The first-order valence-corrected chi connectivity index (χ1v) is 8.69. The Kier molecular flexibility index (Phi) is 5.60. The Morgan fingerprint density at radius 1 is 1.12 bits per heavy atom. The van der Waals surface area contributed by atoms with Crippen LogP contribution >= 0.6 is 15.9 Å². The lowest BCUT2D eigenvalue weighted by molar-refractivity contribution is -0.145. The van der Waals surface area contributed by atoms with Gasteiger partial charge in [0, 0.05) is 16.5 Å². The molecule has 0 amide bonds. The Labute approximate surface area is 154 Å². The highest BCUT2D eigenvalue weighted by molar-refractivity contribution is 9.10. The molecular weight excluding hydrogens is 384 g/mol. The van der Waals surface area contributed by atoms with Crippen LogP contribution in [-0.4, -0.2) is 16.1 Å². The second kappa shape index (κ2) is 8.07. The average Bonchev–Trinajstić information content (AvgIpc) is 3.09. The van der Waals surface area contributed by atoms with Gasteiger partial charge in [-0.15, -0.1) is 0 Å². The molecule has 3 aromatic rings. The summed E-state index contributed by atoms with van der Waals surface area (Å²) in [4.78, 5) is 16.2. The molecule has 0 aliphatic heterocycles. The lowest BCUT2D eigenvalue weighted by Crippen LogP contribution is -2.06. The van der Waals surface area contributed by atoms with Crippen molar-refractivity contribution in [3.8, 4) is 11.4 Å². The third-order valence-corrected chi connectivity index (χ3v) is 4.16. The quantitative estimate of drug-likeness (QED) is 0.570. The molecule has 0 aliphatic carbocycles. The van der Waals surface area contributed by atoms with Crippen LogP contribution in [0.3, 0.4) is 0 Å². The SMILES string of the molecule is Cc1ccc(-c2noc(CCC(=O)OCc3ccc(Br)cc3)n2)cc1. The molecule has 0 spiro atoms. The maximum absolute atomic E-state index is 11.8. The van der Waals surface area contributed by atoms with Crippen molar-refractivity contribution in [1.29, 1.82) is 0 Å². The summed E-state index contributed by atoms with van der Waals surface area (Å²) in [7, 11) is 0. The lowest BCUT2D eigenvalue weighted by atomic mass is 10.1. The van der Waals surface area contributed by atoms with Crippen molar-refractivity contribution in [3.63, 3.8) is 0 Å². The van der Waals surface area contributed by atoms with Gasteiger partial charge in [-0.1, -0.05) is 63.0 Å². The van der Waals surface area contributed by atoms with Crippen LogP contribution in [0, 0.1) is 6.92 Å². The van der Waals surface area contributed by atoms with E-state index in [2.05, 4.69) is 26.1 Å². The number of carbonyl (C=O) groups is 1. The topological polar surface area (TPSA) is 65.2 Å². The maximum atomic E-state index is 11.8. The van der Waals surface area contributed by atoms with Crippen molar-refractivity contribution >= 4 is 21.9 Å². The third kappa shape index (κ3) is 5.00. The van der Waals surface area contributed by atoms with E-state index >= 15 is 0 Å². The van der Waals surface area contributed by atoms with Crippen molar-refractivity contribution in [3.05, 3.63) is 70.0 Å². The summed E-state index contributed by atoms with van der Waals surface area (Å²) in [6, 6.07) is 15.5. The summed E-state index contributed by atoms with van der Waals surface area (Å²) in [5, 5.41) is 3.95. The van der Waals surface area contributed by atoms with Gasteiger partial charge < -0.3 is 9.26 Å². The highest BCUT2D eigenvalue weighted by Gasteiger charge is 2.11. The van der Waals surface area contributed by atoms with Gasteiger partial charge in [-0.3, -0.25) is 4.79 Å². The summed E-state index contributed by atoms with van der Waals surface area (Å²) >= 11 is 3.37. The van der Waals surface area contributed by atoms with Gasteiger partial charge in [0.1, 0.15) is 6.61 Å². The van der Waals surface area contributed by atoms with Gasteiger partial charge in [-0.25, -0.2) is 0 Å². The molecule has 2 aromatic carbocycles. The Bertz CT molecular complexity index is 842. The van der Waals surface area contributed by atoms with Gasteiger partial charge in [-0.05, 0) is 24.6 Å². The van der Waals surface area contributed by atoms with Gasteiger partial charge in [-0.2, -0.15) is 4.98 Å². The third-order valence-electron chi connectivity index (χ3n) is 3.63. The summed E-state index contributed by atoms with van der Waals surface area (Å²) < 4.78 is 11.4. The Balaban J connectivity index is 1.49. The molecule has 0 saturated carbocycles. The number of aryl methyl sites for hydroxylation is 2.